The SMILES string of the molecule is CCCC/C=C/CC([O-])=NCCN(CCCO)CC(=O)O.[K+]. The van der Waals surface area contributed by atoms with Gasteiger partial charge in [0.1, 0.15) is 0 Å². The molecule has 0 atom stereocenters. The Kier molecular flexibility index (Phi) is 19.6. The summed E-state index contributed by atoms with van der Waals surface area (Å²) >= 11 is 0. The molecule has 2 N–H and O–H groups in total. The van der Waals surface area contributed by atoms with Crippen LogP contribution in [0.2, 0.25) is 0 Å². The summed E-state index contributed by atoms with van der Waals surface area (Å²) in [6.45, 7) is 3.24. The van der Waals surface area contributed by atoms with Gasteiger partial charge in [-0.3, -0.25) is 9.69 Å². The molecule has 0 aromatic heterocycles. The summed E-state index contributed by atoms with van der Waals surface area (Å²) < 4.78 is 0. The van der Waals surface area contributed by atoms with Crippen molar-refractivity contribution >= 4 is 11.9 Å². The third-order valence-corrected chi connectivity index (χ3v) is 2.88. The van der Waals surface area contributed by atoms with E-state index in [1.165, 1.54) is 0 Å². The average molecular weight is 338 g/mol. The minimum absolute atomic E-state index is 0. The van der Waals surface area contributed by atoms with Crippen LogP contribution in [0.1, 0.15) is 39.0 Å². The van der Waals surface area contributed by atoms with Crippen LogP contribution in [0.4, 0.5) is 0 Å². The van der Waals surface area contributed by atoms with Crippen LogP contribution in [0.15, 0.2) is 17.1 Å². The molecule has 22 heavy (non-hydrogen) atoms. The van der Waals surface area contributed by atoms with E-state index < -0.39 is 5.97 Å². The fraction of sp³-hybridized carbons (Fsp3) is 0.733. The van der Waals surface area contributed by atoms with Crippen molar-refractivity contribution in [3.63, 3.8) is 0 Å². The Hall–Kier alpha value is 0.236. The molecule has 122 valence electrons. The van der Waals surface area contributed by atoms with Crippen molar-refractivity contribution in [3.05, 3.63) is 12.2 Å². The summed E-state index contributed by atoms with van der Waals surface area (Å²) in [5, 5.41) is 29.0. The van der Waals surface area contributed by atoms with Gasteiger partial charge in [0, 0.05) is 19.7 Å². The van der Waals surface area contributed by atoms with E-state index in [1.54, 1.807) is 4.90 Å². The van der Waals surface area contributed by atoms with Gasteiger partial charge in [-0.1, -0.05) is 31.9 Å². The van der Waals surface area contributed by atoms with Gasteiger partial charge < -0.3 is 20.3 Å². The Bertz CT molecular complexity index is 336. The Morgan fingerprint density at radius 1 is 1.27 bits per heavy atom. The van der Waals surface area contributed by atoms with Gasteiger partial charge in [-0.25, -0.2) is 0 Å². The Morgan fingerprint density at radius 3 is 2.59 bits per heavy atom. The molecule has 0 heterocycles. The van der Waals surface area contributed by atoms with Crippen molar-refractivity contribution in [1.82, 2.24) is 4.90 Å². The van der Waals surface area contributed by atoms with Gasteiger partial charge in [0.05, 0.1) is 13.1 Å². The van der Waals surface area contributed by atoms with Gasteiger partial charge in [-0.15, -0.1) is 0 Å². The number of hydrogen-bond acceptors (Lipinski definition) is 5. The van der Waals surface area contributed by atoms with Crippen LogP contribution in [0.3, 0.4) is 0 Å². The molecule has 0 unspecified atom stereocenters. The molecule has 0 aromatic carbocycles. The van der Waals surface area contributed by atoms with E-state index in [-0.39, 0.29) is 70.4 Å². The quantitative estimate of drug-likeness (QED) is 0.129. The van der Waals surface area contributed by atoms with Crippen LogP contribution in [0, 0.1) is 0 Å². The second-order valence-electron chi connectivity index (χ2n) is 4.84. The number of unbranched alkanes of at least 4 members (excludes halogenated alkanes) is 2. The number of aliphatic imine (C=N–C) groups is 1. The maximum Gasteiger partial charge on any atom is 1.00 e. The molecule has 0 rings (SSSR count). The number of aliphatic carboxylic acids is 1. The molecule has 0 saturated carbocycles. The summed E-state index contributed by atoms with van der Waals surface area (Å²) in [5.74, 6) is -1.10. The van der Waals surface area contributed by atoms with E-state index in [0.717, 1.165) is 19.3 Å². The Labute approximate surface area is 175 Å². The molecule has 6 nitrogen and oxygen atoms in total. The molecule has 0 aliphatic heterocycles. The predicted molar refractivity (Wildman–Crippen MR) is 81.4 cm³/mol. The number of aliphatic hydroxyl groups is 1. The molecule has 0 fully saturated rings. The first kappa shape index (κ1) is 24.5. The fourth-order valence-corrected chi connectivity index (χ4v) is 1.76. The number of nitrogens with zero attached hydrogens (tertiary/aromatic N) is 2. The van der Waals surface area contributed by atoms with E-state index in [4.69, 9.17) is 10.2 Å². The number of allylic oxidation sites excluding steroid dienone is 1. The normalized spacial score (nSPS) is 11.9. The van der Waals surface area contributed by atoms with Crippen LogP contribution in [0.5, 0.6) is 0 Å². The Morgan fingerprint density at radius 2 is 2.00 bits per heavy atom. The first-order valence-corrected chi connectivity index (χ1v) is 7.50. The predicted octanol–water partition coefficient (Wildman–Crippen LogP) is -2.35. The third kappa shape index (κ3) is 16.6. The minimum Gasteiger partial charge on any atom is -0.862 e. The molecule has 0 amide bonds. The molecular weight excluding hydrogens is 311 g/mol. The van der Waals surface area contributed by atoms with E-state index in [0.29, 0.717) is 32.5 Å². The van der Waals surface area contributed by atoms with Gasteiger partial charge >= 0.3 is 57.4 Å². The summed E-state index contributed by atoms with van der Waals surface area (Å²) in [6.07, 6.45) is 7.89. The van der Waals surface area contributed by atoms with Crippen LogP contribution in [-0.4, -0.2) is 59.8 Å². The fourth-order valence-electron chi connectivity index (χ4n) is 1.76. The third-order valence-electron chi connectivity index (χ3n) is 2.88. The summed E-state index contributed by atoms with van der Waals surface area (Å²) in [6, 6.07) is 0. The van der Waals surface area contributed by atoms with E-state index in [9.17, 15) is 9.90 Å². The smallest absolute Gasteiger partial charge is 0.862 e. The zero-order valence-electron chi connectivity index (χ0n) is 13.8. The van der Waals surface area contributed by atoms with Crippen molar-refractivity contribution in [3.8, 4) is 0 Å². The van der Waals surface area contributed by atoms with Crippen LogP contribution < -0.4 is 56.5 Å². The number of hydrogen-bond donors (Lipinski definition) is 2. The topological polar surface area (TPSA) is 96.2 Å². The monoisotopic (exact) mass is 338 g/mol. The zero-order chi connectivity index (χ0) is 15.9. The molecule has 0 aromatic rings. The molecular formula is C15H27KN2O4. The van der Waals surface area contributed by atoms with Crippen molar-refractivity contribution < 1.29 is 71.5 Å². The molecule has 0 saturated heterocycles. The molecule has 7 heteroatoms. The molecule has 0 spiro atoms. The van der Waals surface area contributed by atoms with E-state index >= 15 is 0 Å². The number of carbonyl (C=O) groups is 1. The minimum atomic E-state index is -0.918. The number of aliphatic hydroxyl groups excluding tert-OH is 1. The van der Waals surface area contributed by atoms with Gasteiger partial charge in [0.15, 0.2) is 0 Å². The molecule has 0 radical (unpaired) electrons. The molecule has 0 bridgehead atoms. The number of rotatable bonds is 13. The van der Waals surface area contributed by atoms with E-state index in [1.807, 2.05) is 12.2 Å². The van der Waals surface area contributed by atoms with Crippen molar-refractivity contribution in [2.24, 2.45) is 4.99 Å². The van der Waals surface area contributed by atoms with Crippen molar-refractivity contribution in [1.29, 1.82) is 0 Å². The van der Waals surface area contributed by atoms with Crippen molar-refractivity contribution in [2.75, 3.05) is 32.8 Å². The first-order chi connectivity index (χ1) is 10.1. The summed E-state index contributed by atoms with van der Waals surface area (Å²) in [5.41, 5.74) is 0. The van der Waals surface area contributed by atoms with Gasteiger partial charge in [0.2, 0.25) is 0 Å². The van der Waals surface area contributed by atoms with E-state index in [2.05, 4.69) is 11.9 Å². The second kappa shape index (κ2) is 17.6. The van der Waals surface area contributed by atoms with Crippen LogP contribution in [-0.2, 0) is 4.79 Å². The maximum absolute atomic E-state index is 11.5. The first-order valence-electron chi connectivity index (χ1n) is 7.50. The van der Waals surface area contributed by atoms with Gasteiger partial charge in [0.25, 0.3) is 0 Å². The molecule has 0 aliphatic carbocycles. The van der Waals surface area contributed by atoms with Crippen molar-refractivity contribution in [2.45, 2.75) is 39.0 Å². The second-order valence-corrected chi connectivity index (χ2v) is 4.84. The average Bonchev–Trinajstić information content (AvgIpc) is 2.43. The Balaban J connectivity index is 0. The largest absolute Gasteiger partial charge is 1.00 e. The van der Waals surface area contributed by atoms with Gasteiger partial charge in [-0.2, -0.15) is 0 Å². The standard InChI is InChI=1S/C15H28N2O4.K/c1-2-3-4-5-6-8-14(19)16-9-11-17(10-7-12-18)13-15(20)21;/h5-6,18H,2-4,7-13H2,1H3,(H,16,19)(H,20,21);/q;+1/p-1/b6-5+;. The molecule has 0 aliphatic rings. The van der Waals surface area contributed by atoms with Crippen LogP contribution in [0.25, 0.3) is 0 Å². The maximum atomic E-state index is 11.5. The number of carboxylic acids is 1. The summed E-state index contributed by atoms with van der Waals surface area (Å²) in [7, 11) is 0. The van der Waals surface area contributed by atoms with Crippen LogP contribution >= 0.6 is 0 Å². The number of carboxylic acid groups (broad SMARTS) is 1. The summed E-state index contributed by atoms with van der Waals surface area (Å²) in [4.78, 5) is 16.3. The zero-order valence-corrected chi connectivity index (χ0v) is 17.0. The van der Waals surface area contributed by atoms with Gasteiger partial charge in [-0.05, 0) is 25.2 Å².